The molecule has 0 saturated carbocycles. The van der Waals surface area contributed by atoms with Crippen LogP contribution in [0.25, 0.3) is 0 Å². The lowest BCUT2D eigenvalue weighted by molar-refractivity contribution is 0.497. The van der Waals surface area contributed by atoms with Gasteiger partial charge in [0.1, 0.15) is 0 Å². The lowest BCUT2D eigenvalue weighted by Gasteiger charge is -2.31. The predicted molar refractivity (Wildman–Crippen MR) is 157 cm³/mol. The van der Waals surface area contributed by atoms with Gasteiger partial charge >= 0.3 is 0 Å². The summed E-state index contributed by atoms with van der Waals surface area (Å²) in [5, 5.41) is 19.2. The highest BCUT2D eigenvalue weighted by atomic mass is 14.3. The molecule has 0 radical (unpaired) electrons. The quantitative estimate of drug-likeness (QED) is 0.192. The molecule has 0 bridgehead atoms. The number of benzene rings is 2. The zero-order valence-corrected chi connectivity index (χ0v) is 24.1. The number of aryl methyl sites for hydroxylation is 2. The minimum absolute atomic E-state index is 0.0985. The molecule has 0 aliphatic heterocycles. The van der Waals surface area contributed by atoms with Crippen molar-refractivity contribution in [3.05, 3.63) is 70.8 Å². The Morgan fingerprint density at radius 3 is 1.35 bits per heavy atom. The van der Waals surface area contributed by atoms with Crippen molar-refractivity contribution in [1.82, 2.24) is 0 Å². The summed E-state index contributed by atoms with van der Waals surface area (Å²) in [6.07, 6.45) is 15.4. The van der Waals surface area contributed by atoms with Gasteiger partial charge in [-0.25, -0.2) is 0 Å². The van der Waals surface area contributed by atoms with Crippen LogP contribution >= 0.6 is 0 Å². The predicted octanol–water partition coefficient (Wildman–Crippen LogP) is 10.1. The van der Waals surface area contributed by atoms with Crippen molar-refractivity contribution in [3.8, 4) is 12.1 Å². The summed E-state index contributed by atoms with van der Waals surface area (Å²) in [6.45, 7) is 9.15. The monoisotopic (exact) mass is 498 g/mol. The lowest BCUT2D eigenvalue weighted by atomic mass is 9.73. The maximum absolute atomic E-state index is 9.59. The summed E-state index contributed by atoms with van der Waals surface area (Å²) in [7, 11) is 0. The minimum Gasteiger partial charge on any atom is -0.198 e. The molecule has 0 N–H and O–H groups in total. The van der Waals surface area contributed by atoms with E-state index in [-0.39, 0.29) is 17.3 Å². The molecule has 2 heteroatoms. The van der Waals surface area contributed by atoms with E-state index in [0.29, 0.717) is 0 Å². The molecule has 0 fully saturated rings. The third-order valence-corrected chi connectivity index (χ3v) is 8.06. The Morgan fingerprint density at radius 1 is 0.595 bits per heavy atom. The highest BCUT2D eigenvalue weighted by molar-refractivity contribution is 5.45. The van der Waals surface area contributed by atoms with Crippen molar-refractivity contribution in [3.63, 3.8) is 0 Å². The molecule has 2 unspecified atom stereocenters. The number of rotatable bonds is 18. The number of hydrogen-bond acceptors (Lipinski definition) is 2. The number of unbranched alkanes of at least 4 members (excludes halogenated alkanes) is 4. The molecule has 2 rings (SSSR count). The average molecular weight is 499 g/mol. The van der Waals surface area contributed by atoms with Crippen molar-refractivity contribution >= 4 is 0 Å². The van der Waals surface area contributed by atoms with Gasteiger partial charge in [0, 0.05) is 17.3 Å². The average Bonchev–Trinajstić information content (AvgIpc) is 2.92. The van der Waals surface area contributed by atoms with Crippen LogP contribution in [0.15, 0.2) is 48.5 Å². The van der Waals surface area contributed by atoms with Gasteiger partial charge in [0.15, 0.2) is 0 Å². The SMILES string of the molecule is CCCCCC(C#N)CCCc1ccccc1C(C)(C)c1ccccc1CCCC(C#N)CCCCC. The van der Waals surface area contributed by atoms with E-state index in [4.69, 9.17) is 0 Å². The van der Waals surface area contributed by atoms with Gasteiger partial charge in [-0.05, 0) is 73.6 Å². The molecule has 2 aromatic rings. The number of nitrogens with zero attached hydrogens (tertiary/aromatic N) is 2. The van der Waals surface area contributed by atoms with E-state index >= 15 is 0 Å². The highest BCUT2D eigenvalue weighted by Crippen LogP contribution is 2.37. The van der Waals surface area contributed by atoms with Gasteiger partial charge in [-0.1, -0.05) is 115 Å². The second-order valence-corrected chi connectivity index (χ2v) is 11.4. The van der Waals surface area contributed by atoms with Gasteiger partial charge < -0.3 is 0 Å². The van der Waals surface area contributed by atoms with Crippen molar-refractivity contribution in [2.75, 3.05) is 0 Å². The fourth-order valence-corrected chi connectivity index (χ4v) is 5.75. The van der Waals surface area contributed by atoms with E-state index in [9.17, 15) is 10.5 Å². The first-order valence-corrected chi connectivity index (χ1v) is 14.9. The van der Waals surface area contributed by atoms with Crippen LogP contribution in [0.5, 0.6) is 0 Å². The maximum atomic E-state index is 9.59. The smallest absolute Gasteiger partial charge is 0.0655 e. The second kappa shape index (κ2) is 17.0. The topological polar surface area (TPSA) is 47.6 Å². The summed E-state index contributed by atoms with van der Waals surface area (Å²) in [5.74, 6) is 0.373. The Hall–Kier alpha value is -2.58. The molecular formula is C35H50N2. The highest BCUT2D eigenvalue weighted by Gasteiger charge is 2.27. The molecule has 0 aliphatic carbocycles. The largest absolute Gasteiger partial charge is 0.198 e. The molecule has 0 saturated heterocycles. The number of hydrogen-bond donors (Lipinski definition) is 0. The maximum Gasteiger partial charge on any atom is 0.0655 e. The Labute approximate surface area is 228 Å². The Kier molecular flexibility index (Phi) is 14.1. The summed E-state index contributed by atoms with van der Waals surface area (Å²) < 4.78 is 0. The fourth-order valence-electron chi connectivity index (χ4n) is 5.75. The van der Waals surface area contributed by atoms with E-state index in [0.717, 1.165) is 51.4 Å². The van der Waals surface area contributed by atoms with Gasteiger partial charge in [-0.15, -0.1) is 0 Å². The molecular weight excluding hydrogens is 448 g/mol. The summed E-state index contributed by atoms with van der Waals surface area (Å²) in [5.41, 5.74) is 5.52. The Bertz CT molecular complexity index is 911. The second-order valence-electron chi connectivity index (χ2n) is 11.4. The molecule has 0 aromatic heterocycles. The van der Waals surface area contributed by atoms with Gasteiger partial charge in [0.2, 0.25) is 0 Å². The lowest BCUT2D eigenvalue weighted by Crippen LogP contribution is -2.23. The van der Waals surface area contributed by atoms with Crippen LogP contribution in [0.4, 0.5) is 0 Å². The summed E-state index contributed by atoms with van der Waals surface area (Å²) in [4.78, 5) is 0. The van der Waals surface area contributed by atoms with Gasteiger partial charge in [-0.2, -0.15) is 10.5 Å². The van der Waals surface area contributed by atoms with E-state index in [2.05, 4.69) is 88.4 Å². The minimum atomic E-state index is -0.0985. The van der Waals surface area contributed by atoms with Crippen LogP contribution in [0.1, 0.15) is 127 Å². The van der Waals surface area contributed by atoms with Crippen LogP contribution in [0.2, 0.25) is 0 Å². The van der Waals surface area contributed by atoms with Crippen LogP contribution in [-0.4, -0.2) is 0 Å². The van der Waals surface area contributed by atoms with Crippen molar-refractivity contribution in [2.24, 2.45) is 11.8 Å². The summed E-state index contributed by atoms with van der Waals surface area (Å²) in [6, 6.07) is 22.9. The van der Waals surface area contributed by atoms with Gasteiger partial charge in [0.05, 0.1) is 12.1 Å². The standard InChI is InChI=1S/C35H50N2/c1-5-7-9-17-29(27-36)19-15-23-31-21-11-13-25-33(31)35(3,4)34-26-14-12-22-32(34)24-16-20-30(28-37)18-10-8-6-2/h11-14,21-22,25-26,29-30H,5-10,15-20,23-24H2,1-4H3. The zero-order valence-electron chi connectivity index (χ0n) is 24.1. The first kappa shape index (κ1) is 30.6. The molecule has 2 atom stereocenters. The Balaban J connectivity index is 2.09. The van der Waals surface area contributed by atoms with E-state index in [1.165, 1.54) is 60.8 Å². The third kappa shape index (κ3) is 10.0. The van der Waals surface area contributed by atoms with Crippen LogP contribution in [0, 0.1) is 34.5 Å². The van der Waals surface area contributed by atoms with Crippen LogP contribution in [0.3, 0.4) is 0 Å². The number of nitriles is 2. The first-order chi connectivity index (χ1) is 18.0. The van der Waals surface area contributed by atoms with Crippen LogP contribution < -0.4 is 0 Å². The van der Waals surface area contributed by atoms with E-state index in [1.54, 1.807) is 0 Å². The van der Waals surface area contributed by atoms with E-state index < -0.39 is 0 Å². The first-order valence-electron chi connectivity index (χ1n) is 14.9. The molecule has 0 spiro atoms. The summed E-state index contributed by atoms with van der Waals surface area (Å²) >= 11 is 0. The van der Waals surface area contributed by atoms with Crippen molar-refractivity contribution < 1.29 is 0 Å². The molecule has 0 amide bonds. The fraction of sp³-hybridized carbons (Fsp3) is 0.600. The van der Waals surface area contributed by atoms with Crippen molar-refractivity contribution in [1.29, 1.82) is 10.5 Å². The molecule has 0 aliphatic rings. The van der Waals surface area contributed by atoms with Crippen LogP contribution in [-0.2, 0) is 18.3 Å². The third-order valence-electron chi connectivity index (χ3n) is 8.06. The van der Waals surface area contributed by atoms with E-state index in [1.807, 2.05) is 0 Å². The molecule has 2 nitrogen and oxygen atoms in total. The normalized spacial score (nSPS) is 13.0. The van der Waals surface area contributed by atoms with Gasteiger partial charge in [-0.3, -0.25) is 0 Å². The molecule has 37 heavy (non-hydrogen) atoms. The molecule has 200 valence electrons. The zero-order chi connectivity index (χ0) is 26.9. The molecule has 0 heterocycles. The Morgan fingerprint density at radius 2 is 0.973 bits per heavy atom. The van der Waals surface area contributed by atoms with Gasteiger partial charge in [0.25, 0.3) is 0 Å². The van der Waals surface area contributed by atoms with Crippen molar-refractivity contribution in [2.45, 2.75) is 123 Å². The molecule has 2 aromatic carbocycles.